The molecule has 4 heteroatoms. The summed E-state index contributed by atoms with van der Waals surface area (Å²) in [5.41, 5.74) is 6.03. The summed E-state index contributed by atoms with van der Waals surface area (Å²) in [7, 11) is 0. The van der Waals surface area contributed by atoms with E-state index in [1.54, 1.807) is 0 Å². The van der Waals surface area contributed by atoms with Gasteiger partial charge in [0, 0.05) is 17.6 Å². The first-order valence-corrected chi connectivity index (χ1v) is 6.76. The van der Waals surface area contributed by atoms with Crippen LogP contribution in [0, 0.1) is 17.7 Å². The molecule has 1 aromatic rings. The predicted octanol–water partition coefficient (Wildman–Crippen LogP) is 2.15. The van der Waals surface area contributed by atoms with Crippen molar-refractivity contribution in [3.8, 4) is 11.8 Å². The Morgan fingerprint density at radius 1 is 1.50 bits per heavy atom. The highest BCUT2D eigenvalue weighted by Gasteiger charge is 2.36. The second-order valence-electron chi connectivity index (χ2n) is 5.57. The van der Waals surface area contributed by atoms with E-state index >= 15 is 0 Å². The first kappa shape index (κ1) is 14.5. The monoisotopic (exact) mass is 274 g/mol. The summed E-state index contributed by atoms with van der Waals surface area (Å²) >= 11 is 0. The molecule has 2 N–H and O–H groups in total. The molecule has 1 amide bonds. The van der Waals surface area contributed by atoms with Crippen LogP contribution < -0.4 is 5.73 Å². The maximum Gasteiger partial charge on any atom is 0.255 e. The minimum Gasteiger partial charge on any atom is -0.333 e. The topological polar surface area (TPSA) is 46.3 Å². The predicted molar refractivity (Wildman–Crippen MR) is 76.7 cm³/mol. The Morgan fingerprint density at radius 2 is 2.25 bits per heavy atom. The largest absolute Gasteiger partial charge is 0.333 e. The Morgan fingerprint density at radius 3 is 2.85 bits per heavy atom. The Kier molecular flexibility index (Phi) is 4.10. The third-order valence-electron chi connectivity index (χ3n) is 3.68. The van der Waals surface area contributed by atoms with E-state index in [2.05, 4.69) is 11.8 Å². The molecule has 0 atom stereocenters. The number of nitrogens with two attached hydrogens (primary N) is 1. The lowest BCUT2D eigenvalue weighted by Gasteiger charge is -2.32. The van der Waals surface area contributed by atoms with E-state index in [-0.39, 0.29) is 18.0 Å². The highest BCUT2D eigenvalue weighted by atomic mass is 19.1. The second-order valence-corrected chi connectivity index (χ2v) is 5.57. The molecule has 0 saturated carbocycles. The van der Waals surface area contributed by atoms with Gasteiger partial charge in [-0.3, -0.25) is 4.79 Å². The van der Waals surface area contributed by atoms with Gasteiger partial charge in [-0.1, -0.05) is 11.8 Å². The van der Waals surface area contributed by atoms with Crippen LogP contribution in [0.2, 0.25) is 0 Å². The van der Waals surface area contributed by atoms with E-state index in [9.17, 15) is 9.18 Å². The number of hydrogen-bond donors (Lipinski definition) is 1. The zero-order valence-corrected chi connectivity index (χ0v) is 11.9. The summed E-state index contributed by atoms with van der Waals surface area (Å²) in [6.07, 6.45) is 1.97. The van der Waals surface area contributed by atoms with Gasteiger partial charge in [-0.25, -0.2) is 4.39 Å². The van der Waals surface area contributed by atoms with Crippen LogP contribution in [-0.4, -0.2) is 29.4 Å². The molecule has 2 rings (SSSR count). The van der Waals surface area contributed by atoms with Gasteiger partial charge in [0.1, 0.15) is 5.82 Å². The summed E-state index contributed by atoms with van der Waals surface area (Å²) in [6.45, 7) is 5.01. The molecule has 0 spiro atoms. The quantitative estimate of drug-likeness (QED) is 0.798. The number of rotatable bonds is 1. The molecular formula is C16H19FN2O. The molecule has 0 bridgehead atoms. The Balaban J connectivity index is 2.39. The number of hydrogen-bond acceptors (Lipinski definition) is 2. The van der Waals surface area contributed by atoms with Gasteiger partial charge in [0.25, 0.3) is 5.91 Å². The van der Waals surface area contributed by atoms with E-state index < -0.39 is 5.82 Å². The maximum atomic E-state index is 13.3. The van der Waals surface area contributed by atoms with Gasteiger partial charge in [-0.15, -0.1) is 0 Å². The minimum atomic E-state index is -0.399. The Labute approximate surface area is 119 Å². The number of nitrogens with zero attached hydrogens (tertiary/aromatic N) is 1. The van der Waals surface area contributed by atoms with Crippen LogP contribution >= 0.6 is 0 Å². The van der Waals surface area contributed by atoms with Crippen molar-refractivity contribution in [1.82, 2.24) is 4.90 Å². The fourth-order valence-electron chi connectivity index (χ4n) is 2.58. The molecule has 1 saturated heterocycles. The fraction of sp³-hybridized carbons (Fsp3) is 0.438. The van der Waals surface area contributed by atoms with E-state index in [1.165, 1.54) is 18.2 Å². The maximum absolute atomic E-state index is 13.3. The lowest BCUT2D eigenvalue weighted by molar-refractivity contribution is 0.0651. The van der Waals surface area contributed by atoms with Crippen LogP contribution in [0.1, 0.15) is 42.6 Å². The summed E-state index contributed by atoms with van der Waals surface area (Å²) < 4.78 is 13.3. The zero-order valence-electron chi connectivity index (χ0n) is 11.9. The van der Waals surface area contributed by atoms with Crippen LogP contribution in [0.4, 0.5) is 4.39 Å². The normalized spacial score (nSPS) is 16.7. The van der Waals surface area contributed by atoms with Gasteiger partial charge in [0.15, 0.2) is 0 Å². The van der Waals surface area contributed by atoms with Crippen molar-refractivity contribution in [2.24, 2.45) is 5.73 Å². The number of halogens is 1. The van der Waals surface area contributed by atoms with E-state index in [0.29, 0.717) is 11.1 Å². The molecule has 3 nitrogen and oxygen atoms in total. The third-order valence-corrected chi connectivity index (χ3v) is 3.68. The summed E-state index contributed by atoms with van der Waals surface area (Å²) in [6, 6.07) is 4.09. The number of benzene rings is 1. The molecule has 1 heterocycles. The Bertz CT molecular complexity index is 584. The first-order valence-electron chi connectivity index (χ1n) is 6.76. The van der Waals surface area contributed by atoms with E-state index in [0.717, 1.165) is 19.4 Å². The molecular weight excluding hydrogens is 255 g/mol. The van der Waals surface area contributed by atoms with E-state index in [4.69, 9.17) is 5.73 Å². The highest BCUT2D eigenvalue weighted by Crippen LogP contribution is 2.30. The van der Waals surface area contributed by atoms with Crippen molar-refractivity contribution >= 4 is 5.91 Å². The SMILES string of the molecule is CC1(C)CCCN1C(=O)c1ccc(F)cc1C#CCN. The fourth-order valence-corrected chi connectivity index (χ4v) is 2.58. The third kappa shape index (κ3) is 2.83. The minimum absolute atomic E-state index is 0.0891. The Hall–Kier alpha value is -1.86. The van der Waals surface area contributed by atoms with E-state index in [1.807, 2.05) is 18.7 Å². The van der Waals surface area contributed by atoms with Gasteiger partial charge in [-0.05, 0) is 44.9 Å². The van der Waals surface area contributed by atoms with Gasteiger partial charge < -0.3 is 10.6 Å². The number of likely N-dealkylation sites (tertiary alicyclic amines) is 1. The lowest BCUT2D eigenvalue weighted by Crippen LogP contribution is -2.42. The molecule has 1 aliphatic heterocycles. The number of carbonyl (C=O) groups is 1. The zero-order chi connectivity index (χ0) is 14.8. The van der Waals surface area contributed by atoms with Gasteiger partial charge in [-0.2, -0.15) is 0 Å². The molecule has 0 aliphatic carbocycles. The van der Waals surface area contributed by atoms with Gasteiger partial charge >= 0.3 is 0 Å². The molecule has 20 heavy (non-hydrogen) atoms. The van der Waals surface area contributed by atoms with Crippen LogP contribution in [0.5, 0.6) is 0 Å². The molecule has 1 aromatic carbocycles. The second kappa shape index (κ2) is 5.64. The smallest absolute Gasteiger partial charge is 0.255 e. The molecule has 106 valence electrons. The number of amides is 1. The van der Waals surface area contributed by atoms with Crippen molar-refractivity contribution in [3.63, 3.8) is 0 Å². The van der Waals surface area contributed by atoms with Crippen molar-refractivity contribution < 1.29 is 9.18 Å². The van der Waals surface area contributed by atoms with Crippen LogP contribution in [0.15, 0.2) is 18.2 Å². The van der Waals surface area contributed by atoms with Crippen molar-refractivity contribution in [2.75, 3.05) is 13.1 Å². The highest BCUT2D eigenvalue weighted by molar-refractivity contribution is 5.97. The summed E-state index contributed by atoms with van der Waals surface area (Å²) in [5, 5.41) is 0. The van der Waals surface area contributed by atoms with Crippen LogP contribution in [0.3, 0.4) is 0 Å². The lowest BCUT2D eigenvalue weighted by atomic mass is 10.00. The number of carbonyl (C=O) groups excluding carboxylic acids is 1. The van der Waals surface area contributed by atoms with Gasteiger partial charge in [0.2, 0.25) is 0 Å². The molecule has 0 aromatic heterocycles. The van der Waals surface area contributed by atoms with Crippen molar-refractivity contribution in [3.05, 3.63) is 35.1 Å². The summed E-state index contributed by atoms with van der Waals surface area (Å²) in [5.74, 6) is 4.97. The molecule has 0 unspecified atom stereocenters. The van der Waals surface area contributed by atoms with Crippen LogP contribution in [-0.2, 0) is 0 Å². The molecule has 1 aliphatic rings. The molecule has 1 fully saturated rings. The average Bonchev–Trinajstić information content (AvgIpc) is 2.75. The average molecular weight is 274 g/mol. The van der Waals surface area contributed by atoms with Crippen molar-refractivity contribution in [1.29, 1.82) is 0 Å². The standard InChI is InChI=1S/C16H19FN2O/c1-16(2)8-4-10-19(16)15(20)14-7-6-13(17)11-12(14)5-3-9-18/h6-7,11H,4,8-10,18H2,1-2H3. The molecule has 0 radical (unpaired) electrons. The summed E-state index contributed by atoms with van der Waals surface area (Å²) in [4.78, 5) is 14.5. The van der Waals surface area contributed by atoms with Crippen molar-refractivity contribution in [2.45, 2.75) is 32.2 Å². The van der Waals surface area contributed by atoms with Crippen LogP contribution in [0.25, 0.3) is 0 Å². The first-order chi connectivity index (χ1) is 9.45. The van der Waals surface area contributed by atoms with Gasteiger partial charge in [0.05, 0.1) is 12.1 Å².